The fourth-order valence-corrected chi connectivity index (χ4v) is 3.44. The van der Waals surface area contributed by atoms with Crippen molar-refractivity contribution in [3.63, 3.8) is 0 Å². The third-order valence-corrected chi connectivity index (χ3v) is 4.87. The Morgan fingerprint density at radius 1 is 1.26 bits per heavy atom. The van der Waals surface area contributed by atoms with Crippen LogP contribution in [0.1, 0.15) is 47.0 Å². The summed E-state index contributed by atoms with van der Waals surface area (Å²) in [6.45, 7) is 12.4. The molecule has 1 aliphatic carbocycles. The van der Waals surface area contributed by atoms with Crippen molar-refractivity contribution >= 4 is 0 Å². The van der Waals surface area contributed by atoms with Gasteiger partial charge in [0.25, 0.3) is 0 Å². The van der Waals surface area contributed by atoms with Crippen LogP contribution in [0.3, 0.4) is 0 Å². The fourth-order valence-electron chi connectivity index (χ4n) is 3.44. The highest BCUT2D eigenvalue weighted by molar-refractivity contribution is 4.93. The number of nitrogens with one attached hydrogen (secondary N) is 1. The Kier molecular flexibility index (Phi) is 6.78. The molecule has 3 unspecified atom stereocenters. The van der Waals surface area contributed by atoms with E-state index in [1.165, 1.54) is 19.3 Å². The lowest BCUT2D eigenvalue weighted by atomic mass is 9.69. The molecule has 0 aromatic carbocycles. The second-order valence-electron chi connectivity index (χ2n) is 6.96. The summed E-state index contributed by atoms with van der Waals surface area (Å²) in [4.78, 5) is 2.60. The Balaban J connectivity index is 2.72. The summed E-state index contributed by atoms with van der Waals surface area (Å²) in [7, 11) is 3.90. The number of likely N-dealkylation sites (N-methyl/N-ethyl adjacent to an activating group) is 2. The zero-order valence-electron chi connectivity index (χ0n) is 13.8. The molecule has 114 valence electrons. The number of hydrogen-bond donors (Lipinski definition) is 1. The van der Waals surface area contributed by atoms with Gasteiger partial charge in [0.2, 0.25) is 0 Å². The Morgan fingerprint density at radius 2 is 1.95 bits per heavy atom. The first-order chi connectivity index (χ1) is 8.93. The second-order valence-corrected chi connectivity index (χ2v) is 6.96. The van der Waals surface area contributed by atoms with Crippen LogP contribution in [0, 0.1) is 11.3 Å². The summed E-state index contributed by atoms with van der Waals surface area (Å²) < 4.78 is 5.27. The van der Waals surface area contributed by atoms with Crippen molar-refractivity contribution < 1.29 is 4.74 Å². The fraction of sp³-hybridized carbons (Fsp3) is 1.00. The number of nitrogens with zero attached hydrogens (tertiary/aromatic N) is 1. The maximum atomic E-state index is 5.27. The topological polar surface area (TPSA) is 24.5 Å². The highest BCUT2D eigenvalue weighted by atomic mass is 16.5. The molecular formula is C16H34N2O. The summed E-state index contributed by atoms with van der Waals surface area (Å²) in [6, 6.07) is 1.29. The molecule has 0 aromatic heterocycles. The van der Waals surface area contributed by atoms with Gasteiger partial charge in [-0.2, -0.15) is 0 Å². The van der Waals surface area contributed by atoms with Gasteiger partial charge in [-0.15, -0.1) is 0 Å². The number of methoxy groups -OCH3 is 1. The van der Waals surface area contributed by atoms with Gasteiger partial charge in [0.15, 0.2) is 0 Å². The first kappa shape index (κ1) is 16.9. The molecule has 0 aromatic rings. The third kappa shape index (κ3) is 4.73. The molecule has 3 heteroatoms. The van der Waals surface area contributed by atoms with Crippen LogP contribution in [0.25, 0.3) is 0 Å². The van der Waals surface area contributed by atoms with Gasteiger partial charge in [0, 0.05) is 25.7 Å². The number of ether oxygens (including phenoxy) is 1. The highest BCUT2D eigenvalue weighted by Gasteiger charge is 2.37. The van der Waals surface area contributed by atoms with E-state index in [-0.39, 0.29) is 0 Å². The van der Waals surface area contributed by atoms with Crippen LogP contribution in [0.5, 0.6) is 0 Å². The lowest BCUT2D eigenvalue weighted by Crippen LogP contribution is -2.54. The van der Waals surface area contributed by atoms with Gasteiger partial charge in [-0.25, -0.2) is 0 Å². The molecule has 1 saturated carbocycles. The molecule has 3 nitrogen and oxygen atoms in total. The maximum Gasteiger partial charge on any atom is 0.0589 e. The van der Waals surface area contributed by atoms with Crippen molar-refractivity contribution in [1.82, 2.24) is 10.2 Å². The van der Waals surface area contributed by atoms with Gasteiger partial charge in [0.1, 0.15) is 0 Å². The number of rotatable bonds is 6. The van der Waals surface area contributed by atoms with Crippen molar-refractivity contribution in [3.05, 3.63) is 0 Å². The molecule has 0 aliphatic heterocycles. The maximum absolute atomic E-state index is 5.27. The average molecular weight is 270 g/mol. The molecule has 0 spiro atoms. The predicted octanol–water partition coefficient (Wildman–Crippen LogP) is 2.76. The lowest BCUT2D eigenvalue weighted by molar-refractivity contribution is 0.0468. The van der Waals surface area contributed by atoms with E-state index in [1.54, 1.807) is 7.11 Å². The van der Waals surface area contributed by atoms with Gasteiger partial charge < -0.3 is 10.1 Å². The normalized spacial score (nSPS) is 28.9. The molecule has 3 atom stereocenters. The Morgan fingerprint density at radius 3 is 2.42 bits per heavy atom. The highest BCUT2D eigenvalue weighted by Crippen LogP contribution is 2.39. The summed E-state index contributed by atoms with van der Waals surface area (Å²) in [5.41, 5.74) is 0.428. The quantitative estimate of drug-likeness (QED) is 0.803. The van der Waals surface area contributed by atoms with E-state index >= 15 is 0 Å². The molecule has 0 heterocycles. The van der Waals surface area contributed by atoms with Gasteiger partial charge in [-0.1, -0.05) is 27.7 Å². The predicted molar refractivity (Wildman–Crippen MR) is 82.6 cm³/mol. The Labute approximate surface area is 120 Å². The van der Waals surface area contributed by atoms with Gasteiger partial charge in [0.05, 0.1) is 6.61 Å². The van der Waals surface area contributed by atoms with Crippen LogP contribution in [0.15, 0.2) is 0 Å². The summed E-state index contributed by atoms with van der Waals surface area (Å²) in [6.07, 6.45) is 3.96. The van der Waals surface area contributed by atoms with Crippen LogP contribution in [-0.4, -0.2) is 50.8 Å². The van der Waals surface area contributed by atoms with Gasteiger partial charge in [-0.3, -0.25) is 4.90 Å². The van der Waals surface area contributed by atoms with E-state index in [0.29, 0.717) is 17.5 Å². The van der Waals surface area contributed by atoms with E-state index in [9.17, 15) is 0 Å². The zero-order chi connectivity index (χ0) is 14.5. The largest absolute Gasteiger partial charge is 0.383 e. The monoisotopic (exact) mass is 270 g/mol. The standard InChI is InChI=1S/C16H34N2O/c1-7-18(10-11-19-6)15-12-13(16(2,3)4)8-9-14(15)17-5/h13-15,17H,7-12H2,1-6H3. The minimum atomic E-state index is 0.428. The van der Waals surface area contributed by atoms with E-state index in [2.05, 4.69) is 45.0 Å². The molecule has 0 bridgehead atoms. The zero-order valence-corrected chi connectivity index (χ0v) is 13.8. The molecule has 1 aliphatic rings. The molecular weight excluding hydrogens is 236 g/mol. The lowest BCUT2D eigenvalue weighted by Gasteiger charge is -2.46. The molecule has 0 saturated heterocycles. The van der Waals surface area contributed by atoms with Crippen molar-refractivity contribution in [2.24, 2.45) is 11.3 Å². The molecule has 1 N–H and O–H groups in total. The van der Waals surface area contributed by atoms with Crippen molar-refractivity contribution in [2.75, 3.05) is 33.9 Å². The van der Waals surface area contributed by atoms with E-state index in [4.69, 9.17) is 4.74 Å². The summed E-state index contributed by atoms with van der Waals surface area (Å²) in [5, 5.41) is 3.53. The number of hydrogen-bond acceptors (Lipinski definition) is 3. The molecule has 0 amide bonds. The van der Waals surface area contributed by atoms with E-state index in [0.717, 1.165) is 25.6 Å². The van der Waals surface area contributed by atoms with E-state index in [1.807, 2.05) is 0 Å². The minimum absolute atomic E-state index is 0.428. The van der Waals surface area contributed by atoms with Crippen LogP contribution >= 0.6 is 0 Å². The van der Waals surface area contributed by atoms with E-state index < -0.39 is 0 Å². The Hall–Kier alpha value is -0.120. The van der Waals surface area contributed by atoms with Crippen LogP contribution < -0.4 is 5.32 Å². The van der Waals surface area contributed by atoms with Gasteiger partial charge in [-0.05, 0) is 44.2 Å². The molecule has 19 heavy (non-hydrogen) atoms. The second kappa shape index (κ2) is 7.61. The summed E-state index contributed by atoms with van der Waals surface area (Å²) >= 11 is 0. The third-order valence-electron chi connectivity index (χ3n) is 4.87. The molecule has 1 rings (SSSR count). The smallest absolute Gasteiger partial charge is 0.0589 e. The average Bonchev–Trinajstić information content (AvgIpc) is 2.38. The van der Waals surface area contributed by atoms with Crippen LogP contribution in [0.4, 0.5) is 0 Å². The van der Waals surface area contributed by atoms with Crippen molar-refractivity contribution in [1.29, 1.82) is 0 Å². The molecule has 0 radical (unpaired) electrons. The first-order valence-electron chi connectivity index (χ1n) is 7.84. The summed E-state index contributed by atoms with van der Waals surface area (Å²) in [5.74, 6) is 0.832. The Bertz CT molecular complexity index is 250. The minimum Gasteiger partial charge on any atom is -0.383 e. The van der Waals surface area contributed by atoms with Crippen molar-refractivity contribution in [2.45, 2.75) is 59.0 Å². The van der Waals surface area contributed by atoms with Crippen molar-refractivity contribution in [3.8, 4) is 0 Å². The van der Waals surface area contributed by atoms with Crippen LogP contribution in [-0.2, 0) is 4.74 Å². The van der Waals surface area contributed by atoms with Crippen LogP contribution in [0.2, 0.25) is 0 Å². The SMILES string of the molecule is CCN(CCOC)C1CC(C(C)(C)C)CCC1NC. The van der Waals surface area contributed by atoms with Gasteiger partial charge >= 0.3 is 0 Å². The molecule has 1 fully saturated rings. The first-order valence-corrected chi connectivity index (χ1v) is 7.84.